The molecule has 2 heterocycles. The highest BCUT2D eigenvalue weighted by Crippen LogP contribution is 2.25. The fraction of sp³-hybridized carbons (Fsp3) is 0.400. The Hall–Kier alpha value is -2.76. The average Bonchev–Trinajstić information content (AvgIpc) is 2.92. The number of hydrogen-bond acceptors (Lipinski definition) is 4. The molecular formula is C20H24N2O4. The highest BCUT2D eigenvalue weighted by atomic mass is 16.5. The molecule has 0 saturated heterocycles. The number of pyridine rings is 1. The van der Waals surface area contributed by atoms with Gasteiger partial charge in [0.2, 0.25) is 0 Å². The van der Waals surface area contributed by atoms with Crippen molar-refractivity contribution in [1.82, 2.24) is 9.88 Å². The Morgan fingerprint density at radius 3 is 2.65 bits per heavy atom. The normalized spacial score (nSPS) is 13.5. The van der Waals surface area contributed by atoms with Gasteiger partial charge in [-0.1, -0.05) is 24.6 Å². The van der Waals surface area contributed by atoms with Crippen LogP contribution in [0.1, 0.15) is 40.9 Å². The van der Waals surface area contributed by atoms with Gasteiger partial charge in [0.1, 0.15) is 17.1 Å². The summed E-state index contributed by atoms with van der Waals surface area (Å²) in [5, 5.41) is 2.94. The summed E-state index contributed by atoms with van der Waals surface area (Å²) in [6.45, 7) is 0.982. The van der Waals surface area contributed by atoms with Crippen molar-refractivity contribution >= 4 is 5.91 Å². The van der Waals surface area contributed by atoms with Crippen molar-refractivity contribution in [2.75, 3.05) is 14.2 Å². The molecule has 0 spiro atoms. The van der Waals surface area contributed by atoms with E-state index in [-0.39, 0.29) is 11.5 Å². The Morgan fingerprint density at radius 2 is 1.88 bits per heavy atom. The van der Waals surface area contributed by atoms with Crippen LogP contribution in [0.15, 0.2) is 35.1 Å². The molecular weight excluding hydrogens is 332 g/mol. The van der Waals surface area contributed by atoms with Crippen LogP contribution in [-0.2, 0) is 19.5 Å². The zero-order valence-corrected chi connectivity index (χ0v) is 15.2. The first-order valence-electron chi connectivity index (χ1n) is 8.86. The van der Waals surface area contributed by atoms with Gasteiger partial charge in [-0.05, 0) is 25.3 Å². The summed E-state index contributed by atoms with van der Waals surface area (Å²) in [7, 11) is 3.09. The maximum atomic E-state index is 12.9. The van der Waals surface area contributed by atoms with Gasteiger partial charge in [-0.25, -0.2) is 0 Å². The molecule has 1 aliphatic rings. The smallest absolute Gasteiger partial charge is 0.257 e. The molecule has 1 aromatic carbocycles. The Labute approximate surface area is 152 Å². The van der Waals surface area contributed by atoms with Gasteiger partial charge >= 0.3 is 0 Å². The number of carbonyl (C=O) groups is 1. The van der Waals surface area contributed by atoms with Crippen molar-refractivity contribution < 1.29 is 14.3 Å². The molecule has 0 saturated carbocycles. The Bertz CT molecular complexity index is 857. The fourth-order valence-corrected chi connectivity index (χ4v) is 3.43. The number of benzene rings is 1. The molecule has 0 bridgehead atoms. The second kappa shape index (κ2) is 8.08. The Morgan fingerprint density at radius 1 is 1.12 bits per heavy atom. The molecule has 0 fully saturated rings. The molecule has 6 nitrogen and oxygen atoms in total. The van der Waals surface area contributed by atoms with E-state index in [4.69, 9.17) is 9.47 Å². The van der Waals surface area contributed by atoms with E-state index < -0.39 is 0 Å². The van der Waals surface area contributed by atoms with Crippen molar-refractivity contribution in [3.63, 3.8) is 0 Å². The van der Waals surface area contributed by atoms with E-state index in [2.05, 4.69) is 5.32 Å². The van der Waals surface area contributed by atoms with Crippen molar-refractivity contribution in [2.24, 2.45) is 0 Å². The SMILES string of the molecule is COc1ccccc1CNC(=O)c1c(OC)cc(=O)n2c1CCCCC2. The van der Waals surface area contributed by atoms with E-state index in [0.717, 1.165) is 36.3 Å². The predicted molar refractivity (Wildman–Crippen MR) is 99.0 cm³/mol. The average molecular weight is 356 g/mol. The van der Waals surface area contributed by atoms with Gasteiger partial charge in [0, 0.05) is 30.4 Å². The number of nitrogens with zero attached hydrogens (tertiary/aromatic N) is 1. The number of methoxy groups -OCH3 is 2. The largest absolute Gasteiger partial charge is 0.496 e. The van der Waals surface area contributed by atoms with Crippen LogP contribution in [0.4, 0.5) is 0 Å². The Balaban J connectivity index is 1.92. The van der Waals surface area contributed by atoms with Crippen LogP contribution in [0.5, 0.6) is 11.5 Å². The predicted octanol–water partition coefficient (Wildman–Crippen LogP) is 2.52. The van der Waals surface area contributed by atoms with Gasteiger partial charge in [0.25, 0.3) is 11.5 Å². The molecule has 0 unspecified atom stereocenters. The summed E-state index contributed by atoms with van der Waals surface area (Å²) in [5.41, 5.74) is 2.01. The summed E-state index contributed by atoms with van der Waals surface area (Å²) in [4.78, 5) is 25.3. The number of hydrogen-bond donors (Lipinski definition) is 1. The van der Waals surface area contributed by atoms with E-state index in [1.807, 2.05) is 24.3 Å². The lowest BCUT2D eigenvalue weighted by molar-refractivity contribution is 0.0945. The monoisotopic (exact) mass is 356 g/mol. The summed E-state index contributed by atoms with van der Waals surface area (Å²) in [6.07, 6.45) is 3.65. The summed E-state index contributed by atoms with van der Waals surface area (Å²) in [6, 6.07) is 8.96. The number of rotatable bonds is 5. The highest BCUT2D eigenvalue weighted by molar-refractivity contribution is 5.98. The number of nitrogens with one attached hydrogen (secondary N) is 1. The van der Waals surface area contributed by atoms with Crippen LogP contribution in [0.2, 0.25) is 0 Å². The van der Waals surface area contributed by atoms with Crippen LogP contribution in [0.3, 0.4) is 0 Å². The van der Waals surface area contributed by atoms with Gasteiger partial charge in [0.05, 0.1) is 14.2 Å². The minimum Gasteiger partial charge on any atom is -0.496 e. The number of fused-ring (bicyclic) bond motifs is 1. The van der Waals surface area contributed by atoms with Crippen LogP contribution in [0, 0.1) is 0 Å². The summed E-state index contributed by atoms with van der Waals surface area (Å²) < 4.78 is 12.4. The van der Waals surface area contributed by atoms with Crippen LogP contribution in [0.25, 0.3) is 0 Å². The summed E-state index contributed by atoms with van der Waals surface area (Å²) >= 11 is 0. The number of ether oxygens (including phenoxy) is 2. The van der Waals surface area contributed by atoms with Gasteiger partial charge < -0.3 is 19.4 Å². The lowest BCUT2D eigenvalue weighted by atomic mass is 10.1. The maximum Gasteiger partial charge on any atom is 0.257 e. The third-order valence-corrected chi connectivity index (χ3v) is 4.76. The lowest BCUT2D eigenvalue weighted by Crippen LogP contribution is -2.30. The molecule has 1 N–H and O–H groups in total. The van der Waals surface area contributed by atoms with Crippen molar-refractivity contribution in [3.8, 4) is 11.5 Å². The minimum atomic E-state index is -0.238. The van der Waals surface area contributed by atoms with Gasteiger partial charge in [-0.15, -0.1) is 0 Å². The molecule has 0 radical (unpaired) electrons. The molecule has 0 aliphatic carbocycles. The minimum absolute atomic E-state index is 0.111. The third-order valence-electron chi connectivity index (χ3n) is 4.76. The van der Waals surface area contributed by atoms with E-state index in [1.165, 1.54) is 13.2 Å². The van der Waals surface area contributed by atoms with Crippen LogP contribution in [-0.4, -0.2) is 24.7 Å². The van der Waals surface area contributed by atoms with Gasteiger partial charge in [-0.2, -0.15) is 0 Å². The van der Waals surface area contributed by atoms with Gasteiger partial charge in [-0.3, -0.25) is 9.59 Å². The first kappa shape index (κ1) is 18.0. The van der Waals surface area contributed by atoms with Crippen molar-refractivity contribution in [1.29, 1.82) is 0 Å². The van der Waals surface area contributed by atoms with E-state index in [0.29, 0.717) is 30.8 Å². The van der Waals surface area contributed by atoms with Gasteiger partial charge in [0.15, 0.2) is 0 Å². The number of aromatic nitrogens is 1. The maximum absolute atomic E-state index is 12.9. The zero-order chi connectivity index (χ0) is 18.5. The first-order valence-corrected chi connectivity index (χ1v) is 8.86. The molecule has 0 atom stereocenters. The first-order chi connectivity index (χ1) is 12.7. The molecule has 3 rings (SSSR count). The highest BCUT2D eigenvalue weighted by Gasteiger charge is 2.23. The number of para-hydroxylation sites is 1. The molecule has 1 amide bonds. The molecule has 2 aromatic rings. The lowest BCUT2D eigenvalue weighted by Gasteiger charge is -2.18. The Kier molecular flexibility index (Phi) is 5.61. The quantitative estimate of drug-likeness (QED) is 0.894. The third kappa shape index (κ3) is 3.59. The molecule has 1 aromatic heterocycles. The van der Waals surface area contributed by atoms with Crippen LogP contribution >= 0.6 is 0 Å². The second-order valence-electron chi connectivity index (χ2n) is 6.33. The molecule has 6 heteroatoms. The van der Waals surface area contributed by atoms with E-state index in [9.17, 15) is 9.59 Å². The second-order valence-corrected chi connectivity index (χ2v) is 6.33. The molecule has 26 heavy (non-hydrogen) atoms. The molecule has 138 valence electrons. The zero-order valence-electron chi connectivity index (χ0n) is 15.2. The molecule has 1 aliphatic heterocycles. The summed E-state index contributed by atoms with van der Waals surface area (Å²) in [5.74, 6) is 0.821. The fourth-order valence-electron chi connectivity index (χ4n) is 3.43. The van der Waals surface area contributed by atoms with Crippen molar-refractivity contribution in [2.45, 2.75) is 38.8 Å². The standard InChI is InChI=1S/C20H24N2O4/c1-25-16-10-6-5-8-14(16)13-21-20(24)19-15-9-4-3-7-11-22(15)18(23)12-17(19)26-2/h5-6,8,10,12H,3-4,7,9,11,13H2,1-2H3,(H,21,24). The topological polar surface area (TPSA) is 69.6 Å². The van der Waals surface area contributed by atoms with Crippen molar-refractivity contribution in [3.05, 3.63) is 57.5 Å². The van der Waals surface area contributed by atoms with Crippen LogP contribution < -0.4 is 20.3 Å². The van der Waals surface area contributed by atoms with E-state index >= 15 is 0 Å². The van der Waals surface area contributed by atoms with E-state index in [1.54, 1.807) is 11.7 Å². The number of amides is 1. The number of carbonyl (C=O) groups excluding carboxylic acids is 1.